The minimum absolute atomic E-state index is 0.448. The Labute approximate surface area is 137 Å². The maximum Gasteiger partial charge on any atom is 0.150 e. The number of H-pyrrole nitrogens is 1. The molecule has 0 aliphatic carbocycles. The van der Waals surface area contributed by atoms with Gasteiger partial charge in [-0.05, 0) is 19.1 Å². The number of rotatable bonds is 5. The van der Waals surface area contributed by atoms with Crippen molar-refractivity contribution in [3.05, 3.63) is 35.9 Å². The first kappa shape index (κ1) is 15.8. The number of hydrogen-bond acceptors (Lipinski definition) is 5. The zero-order valence-corrected chi connectivity index (χ0v) is 14.1. The van der Waals surface area contributed by atoms with Crippen molar-refractivity contribution in [1.82, 2.24) is 20.1 Å². The molecule has 1 N–H and O–H groups in total. The number of nitrogens with zero attached hydrogens (tertiary/aromatic N) is 4. The largest absolute Gasteiger partial charge is 0.495 e. The fourth-order valence-corrected chi connectivity index (χ4v) is 3.10. The van der Waals surface area contributed by atoms with Crippen molar-refractivity contribution in [3.63, 3.8) is 0 Å². The molecule has 1 aliphatic heterocycles. The van der Waals surface area contributed by atoms with E-state index in [1.807, 2.05) is 12.1 Å². The monoisotopic (exact) mass is 315 g/mol. The highest BCUT2D eigenvalue weighted by atomic mass is 16.5. The Bertz CT molecular complexity index is 641. The van der Waals surface area contributed by atoms with E-state index in [-0.39, 0.29) is 0 Å². The van der Waals surface area contributed by atoms with Crippen molar-refractivity contribution in [3.8, 4) is 5.75 Å². The first-order chi connectivity index (χ1) is 11.2. The van der Waals surface area contributed by atoms with Gasteiger partial charge in [-0.15, -0.1) is 0 Å². The van der Waals surface area contributed by atoms with Gasteiger partial charge in [0.25, 0.3) is 0 Å². The van der Waals surface area contributed by atoms with Crippen LogP contribution in [0.25, 0.3) is 0 Å². The van der Waals surface area contributed by atoms with Crippen LogP contribution in [0.4, 0.5) is 5.69 Å². The lowest BCUT2D eigenvalue weighted by atomic mass is 10.1. The zero-order chi connectivity index (χ0) is 16.2. The Hall–Kier alpha value is -2.08. The van der Waals surface area contributed by atoms with Crippen molar-refractivity contribution in [2.45, 2.75) is 32.9 Å². The lowest BCUT2D eigenvalue weighted by molar-refractivity contribution is 0.176. The van der Waals surface area contributed by atoms with E-state index < -0.39 is 0 Å². The first-order valence-corrected chi connectivity index (χ1v) is 8.23. The number of benzene rings is 1. The molecule has 2 heterocycles. The number of nitrogens with one attached hydrogen (secondary N) is 1. The normalized spacial score (nSPS) is 19.1. The maximum atomic E-state index is 5.49. The van der Waals surface area contributed by atoms with Crippen LogP contribution in [-0.4, -0.2) is 52.9 Å². The van der Waals surface area contributed by atoms with Gasteiger partial charge in [-0.2, -0.15) is 5.10 Å². The molecule has 1 unspecified atom stereocenters. The summed E-state index contributed by atoms with van der Waals surface area (Å²) in [5, 5.41) is 7.27. The first-order valence-electron chi connectivity index (χ1n) is 8.23. The van der Waals surface area contributed by atoms with Gasteiger partial charge in [-0.25, -0.2) is 4.98 Å². The highest BCUT2D eigenvalue weighted by Gasteiger charge is 2.26. The molecule has 0 bridgehead atoms. The van der Waals surface area contributed by atoms with Gasteiger partial charge in [0.2, 0.25) is 0 Å². The van der Waals surface area contributed by atoms with Crippen molar-refractivity contribution >= 4 is 5.69 Å². The van der Waals surface area contributed by atoms with E-state index >= 15 is 0 Å². The highest BCUT2D eigenvalue weighted by molar-refractivity contribution is 5.58. The van der Waals surface area contributed by atoms with E-state index in [2.05, 4.69) is 51.0 Å². The topological polar surface area (TPSA) is 57.3 Å². The van der Waals surface area contributed by atoms with Gasteiger partial charge in [0, 0.05) is 32.1 Å². The quantitative estimate of drug-likeness (QED) is 0.915. The Balaban J connectivity index is 1.65. The smallest absolute Gasteiger partial charge is 0.150 e. The Morgan fingerprint density at radius 3 is 2.83 bits per heavy atom. The molecule has 1 aromatic carbocycles. The van der Waals surface area contributed by atoms with E-state index in [0.29, 0.717) is 6.04 Å². The van der Waals surface area contributed by atoms with E-state index in [9.17, 15) is 0 Å². The summed E-state index contributed by atoms with van der Waals surface area (Å²) in [4.78, 5) is 9.37. The molecule has 0 saturated carbocycles. The summed E-state index contributed by atoms with van der Waals surface area (Å²) in [6.07, 6.45) is 0.869. The molecule has 0 spiro atoms. The molecule has 0 radical (unpaired) electrons. The molecule has 2 aromatic rings. The number of aromatic nitrogens is 3. The summed E-state index contributed by atoms with van der Waals surface area (Å²) in [5.41, 5.74) is 1.18. The molecule has 1 fully saturated rings. The number of anilines is 1. The molecule has 6 heteroatoms. The third kappa shape index (κ3) is 3.47. The van der Waals surface area contributed by atoms with Crippen LogP contribution in [0, 0.1) is 0 Å². The number of methoxy groups -OCH3 is 1. The van der Waals surface area contributed by atoms with Gasteiger partial charge < -0.3 is 9.64 Å². The predicted octanol–water partition coefficient (Wildman–Crippen LogP) is 2.09. The molecule has 3 rings (SSSR count). The molecule has 1 saturated heterocycles. The molecule has 1 atom stereocenters. The Morgan fingerprint density at radius 1 is 1.30 bits per heavy atom. The van der Waals surface area contributed by atoms with Crippen molar-refractivity contribution < 1.29 is 4.74 Å². The Morgan fingerprint density at radius 2 is 2.13 bits per heavy atom. The molecule has 124 valence electrons. The van der Waals surface area contributed by atoms with Crippen LogP contribution in [0.1, 0.15) is 25.5 Å². The molecular formula is C17H25N5O. The third-order valence-corrected chi connectivity index (χ3v) is 4.44. The summed E-state index contributed by atoms with van der Waals surface area (Å²) < 4.78 is 5.49. The number of para-hydroxylation sites is 2. The maximum absolute atomic E-state index is 5.49. The predicted molar refractivity (Wildman–Crippen MR) is 90.8 cm³/mol. The summed E-state index contributed by atoms with van der Waals surface area (Å²) in [6.45, 7) is 8.13. The van der Waals surface area contributed by atoms with E-state index in [1.165, 1.54) is 5.69 Å². The van der Waals surface area contributed by atoms with E-state index in [4.69, 9.17) is 4.74 Å². The Kier molecular flexibility index (Phi) is 4.81. The average Bonchev–Trinajstić information content (AvgIpc) is 3.04. The lowest BCUT2D eigenvalue weighted by Gasteiger charge is -2.40. The fourth-order valence-electron chi connectivity index (χ4n) is 3.10. The molecule has 1 aromatic heterocycles. The third-order valence-electron chi connectivity index (χ3n) is 4.44. The molecule has 23 heavy (non-hydrogen) atoms. The van der Waals surface area contributed by atoms with Gasteiger partial charge in [0.15, 0.2) is 0 Å². The van der Waals surface area contributed by atoms with Gasteiger partial charge >= 0.3 is 0 Å². The second-order valence-corrected chi connectivity index (χ2v) is 5.99. The number of hydrogen-bond donors (Lipinski definition) is 1. The minimum atomic E-state index is 0.448. The summed E-state index contributed by atoms with van der Waals surface area (Å²) in [5.74, 6) is 2.79. The zero-order valence-electron chi connectivity index (χ0n) is 14.1. The lowest BCUT2D eigenvalue weighted by Crippen LogP contribution is -2.51. The van der Waals surface area contributed by atoms with E-state index in [1.54, 1.807) is 7.11 Å². The van der Waals surface area contributed by atoms with Crippen LogP contribution >= 0.6 is 0 Å². The fraction of sp³-hybridized carbons (Fsp3) is 0.529. The second kappa shape index (κ2) is 7.00. The van der Waals surface area contributed by atoms with Crippen molar-refractivity contribution in [2.75, 3.05) is 31.6 Å². The van der Waals surface area contributed by atoms with Crippen LogP contribution in [0.5, 0.6) is 5.75 Å². The summed E-state index contributed by atoms with van der Waals surface area (Å²) >= 11 is 0. The summed E-state index contributed by atoms with van der Waals surface area (Å²) in [7, 11) is 1.73. The molecule has 6 nitrogen and oxygen atoms in total. The van der Waals surface area contributed by atoms with E-state index in [0.717, 1.165) is 50.0 Å². The standard InChI is InChI=1S/C17H25N5O/c1-4-16-18-17(20-19-16)12-21-9-10-22(11-13(21)2)14-7-5-6-8-15(14)23-3/h5-8,13H,4,9-12H2,1-3H3,(H,18,19,20). The second-order valence-electron chi connectivity index (χ2n) is 5.99. The van der Waals surface area contributed by atoms with Crippen LogP contribution in [0.15, 0.2) is 24.3 Å². The van der Waals surface area contributed by atoms with Gasteiger partial charge in [-0.3, -0.25) is 10.00 Å². The minimum Gasteiger partial charge on any atom is -0.495 e. The number of aryl methyl sites for hydroxylation is 1. The number of ether oxygens (including phenoxy) is 1. The number of aromatic amines is 1. The SMILES string of the molecule is CCc1n[nH]c(CN2CCN(c3ccccc3OC)CC2C)n1. The summed E-state index contributed by atoms with van der Waals surface area (Å²) in [6, 6.07) is 8.68. The van der Waals surface area contributed by atoms with Gasteiger partial charge in [0.05, 0.1) is 19.3 Å². The van der Waals surface area contributed by atoms with Crippen LogP contribution in [0.3, 0.4) is 0 Å². The van der Waals surface area contributed by atoms with Crippen LogP contribution < -0.4 is 9.64 Å². The number of piperazine rings is 1. The van der Waals surface area contributed by atoms with Crippen LogP contribution in [0.2, 0.25) is 0 Å². The molecule has 0 amide bonds. The van der Waals surface area contributed by atoms with Crippen molar-refractivity contribution in [2.24, 2.45) is 0 Å². The molecule has 1 aliphatic rings. The van der Waals surface area contributed by atoms with Crippen LogP contribution in [-0.2, 0) is 13.0 Å². The van der Waals surface area contributed by atoms with Crippen molar-refractivity contribution in [1.29, 1.82) is 0 Å². The molecular weight excluding hydrogens is 290 g/mol. The average molecular weight is 315 g/mol. The highest BCUT2D eigenvalue weighted by Crippen LogP contribution is 2.29. The van der Waals surface area contributed by atoms with Gasteiger partial charge in [-0.1, -0.05) is 19.1 Å². The van der Waals surface area contributed by atoms with Gasteiger partial charge in [0.1, 0.15) is 17.4 Å².